The minimum Gasteiger partial charge on any atom is -0.496 e. The summed E-state index contributed by atoms with van der Waals surface area (Å²) in [5.41, 5.74) is 0.828. The average Bonchev–Trinajstić information content (AvgIpc) is 2.66. The highest BCUT2D eigenvalue weighted by Gasteiger charge is 2.09. The Morgan fingerprint density at radius 3 is 2.46 bits per heavy atom. The van der Waals surface area contributed by atoms with Crippen LogP contribution in [0.4, 0.5) is 26.1 Å². The first kappa shape index (κ1) is 17.6. The van der Waals surface area contributed by atoms with Crippen LogP contribution in [0, 0.1) is 11.6 Å². The largest absolute Gasteiger partial charge is 0.496 e. The van der Waals surface area contributed by atoms with Gasteiger partial charge in [-0.1, -0.05) is 24.3 Å². The Labute approximate surface area is 150 Å². The minimum atomic E-state index is -0.686. The first-order valence-electron chi connectivity index (χ1n) is 8.06. The molecule has 3 aromatic rings. The number of para-hydroxylation sites is 2. The van der Waals surface area contributed by atoms with E-state index in [4.69, 9.17) is 4.74 Å². The first-order valence-corrected chi connectivity index (χ1v) is 8.06. The van der Waals surface area contributed by atoms with Crippen molar-refractivity contribution in [3.63, 3.8) is 0 Å². The Kier molecular flexibility index (Phi) is 5.58. The summed E-state index contributed by atoms with van der Waals surface area (Å²) in [5.74, 6) is 0.302. The van der Waals surface area contributed by atoms with Crippen LogP contribution in [-0.4, -0.2) is 23.6 Å². The van der Waals surface area contributed by atoms with Gasteiger partial charge in [0.15, 0.2) is 0 Å². The van der Waals surface area contributed by atoms with Gasteiger partial charge in [0.25, 0.3) is 0 Å². The van der Waals surface area contributed by atoms with Gasteiger partial charge in [-0.2, -0.15) is 0 Å². The van der Waals surface area contributed by atoms with E-state index >= 15 is 0 Å². The van der Waals surface area contributed by atoms with Crippen LogP contribution in [-0.2, 0) is 6.42 Å². The second-order valence-corrected chi connectivity index (χ2v) is 5.50. The van der Waals surface area contributed by atoms with Crippen molar-refractivity contribution in [2.75, 3.05) is 24.3 Å². The number of rotatable bonds is 7. The average molecular weight is 356 g/mol. The fourth-order valence-corrected chi connectivity index (χ4v) is 2.50. The van der Waals surface area contributed by atoms with Gasteiger partial charge in [-0.15, -0.1) is 0 Å². The molecule has 0 aliphatic heterocycles. The van der Waals surface area contributed by atoms with Gasteiger partial charge < -0.3 is 15.4 Å². The molecular formula is C19H18F2N4O. The Morgan fingerprint density at radius 2 is 1.69 bits per heavy atom. The number of anilines is 3. The van der Waals surface area contributed by atoms with Gasteiger partial charge in [-0.25, -0.2) is 18.7 Å². The number of ether oxygens (including phenoxy) is 1. The van der Waals surface area contributed by atoms with Crippen molar-refractivity contribution in [1.29, 1.82) is 0 Å². The molecule has 1 heterocycles. The number of nitrogens with one attached hydrogen (secondary N) is 2. The van der Waals surface area contributed by atoms with Gasteiger partial charge in [0.1, 0.15) is 41.0 Å². The molecule has 2 aromatic carbocycles. The summed E-state index contributed by atoms with van der Waals surface area (Å²) in [4.78, 5) is 8.11. The van der Waals surface area contributed by atoms with Gasteiger partial charge >= 0.3 is 0 Å². The first-order chi connectivity index (χ1) is 12.7. The van der Waals surface area contributed by atoms with Gasteiger partial charge in [0, 0.05) is 12.6 Å². The van der Waals surface area contributed by atoms with Crippen molar-refractivity contribution in [3.8, 4) is 5.75 Å². The molecule has 0 saturated carbocycles. The van der Waals surface area contributed by atoms with Crippen molar-refractivity contribution in [1.82, 2.24) is 9.97 Å². The number of aromatic nitrogens is 2. The Morgan fingerprint density at radius 1 is 0.962 bits per heavy atom. The van der Waals surface area contributed by atoms with Crippen LogP contribution >= 0.6 is 0 Å². The maximum Gasteiger partial charge on any atom is 0.149 e. The molecule has 5 nitrogen and oxygen atoms in total. The Bertz CT molecular complexity index is 869. The van der Waals surface area contributed by atoms with E-state index in [1.807, 2.05) is 24.3 Å². The molecule has 26 heavy (non-hydrogen) atoms. The van der Waals surface area contributed by atoms with Crippen molar-refractivity contribution in [3.05, 3.63) is 72.1 Å². The summed E-state index contributed by atoms with van der Waals surface area (Å²) in [5, 5.41) is 5.81. The summed E-state index contributed by atoms with van der Waals surface area (Å²) in [6.45, 7) is 0.616. The van der Waals surface area contributed by atoms with Crippen LogP contribution in [0.5, 0.6) is 5.75 Å². The third-order valence-electron chi connectivity index (χ3n) is 3.78. The lowest BCUT2D eigenvalue weighted by atomic mass is 10.1. The highest BCUT2D eigenvalue weighted by molar-refractivity contribution is 5.60. The number of hydrogen-bond acceptors (Lipinski definition) is 5. The smallest absolute Gasteiger partial charge is 0.149 e. The molecule has 1 aromatic heterocycles. The number of benzene rings is 2. The predicted octanol–water partition coefficient (Wildman–Crippen LogP) is 4.16. The number of hydrogen-bond donors (Lipinski definition) is 2. The van der Waals surface area contributed by atoms with E-state index in [1.54, 1.807) is 13.2 Å². The molecular weight excluding hydrogens is 338 g/mol. The topological polar surface area (TPSA) is 59.1 Å². The lowest BCUT2D eigenvalue weighted by Crippen LogP contribution is -2.08. The zero-order chi connectivity index (χ0) is 18.4. The molecule has 0 radical (unpaired) electrons. The van der Waals surface area contributed by atoms with Crippen LogP contribution < -0.4 is 15.4 Å². The molecule has 0 spiro atoms. The molecule has 0 amide bonds. The predicted molar refractivity (Wildman–Crippen MR) is 96.9 cm³/mol. The zero-order valence-electron chi connectivity index (χ0n) is 14.2. The van der Waals surface area contributed by atoms with E-state index in [0.717, 1.165) is 17.7 Å². The van der Waals surface area contributed by atoms with Crippen LogP contribution in [0.15, 0.2) is 54.9 Å². The number of methoxy groups -OCH3 is 1. The molecule has 0 bridgehead atoms. The highest BCUT2D eigenvalue weighted by Crippen LogP contribution is 2.23. The van der Waals surface area contributed by atoms with Crippen molar-refractivity contribution in [2.24, 2.45) is 0 Å². The van der Waals surface area contributed by atoms with E-state index in [9.17, 15) is 8.78 Å². The second kappa shape index (κ2) is 8.24. The van der Waals surface area contributed by atoms with Crippen LogP contribution in [0.1, 0.15) is 5.56 Å². The van der Waals surface area contributed by atoms with E-state index in [1.165, 1.54) is 24.5 Å². The molecule has 0 aliphatic carbocycles. The second-order valence-electron chi connectivity index (χ2n) is 5.50. The third kappa shape index (κ3) is 4.24. The summed E-state index contributed by atoms with van der Waals surface area (Å²) < 4.78 is 32.8. The summed E-state index contributed by atoms with van der Waals surface area (Å²) in [6.07, 6.45) is 2.06. The minimum absolute atomic E-state index is 0.244. The van der Waals surface area contributed by atoms with Crippen LogP contribution in [0.2, 0.25) is 0 Å². The van der Waals surface area contributed by atoms with Crippen LogP contribution in [0.3, 0.4) is 0 Å². The fraction of sp³-hybridized carbons (Fsp3) is 0.158. The Hall–Kier alpha value is -3.22. The maximum atomic E-state index is 13.7. The Balaban J connectivity index is 1.64. The maximum absolute atomic E-state index is 13.7. The van der Waals surface area contributed by atoms with Crippen molar-refractivity contribution >= 4 is 17.3 Å². The van der Waals surface area contributed by atoms with Gasteiger partial charge in [0.05, 0.1) is 7.11 Å². The van der Waals surface area contributed by atoms with Crippen molar-refractivity contribution in [2.45, 2.75) is 6.42 Å². The molecule has 0 aliphatic rings. The standard InChI is InChI=1S/C19H18F2N4O/c1-26-16-8-3-2-5-13(16)9-10-22-17-11-18(24-12-23-17)25-19-14(20)6-4-7-15(19)21/h2-8,11-12H,9-10H2,1H3,(H2,22,23,24,25). The summed E-state index contributed by atoms with van der Waals surface area (Å²) in [6, 6.07) is 13.0. The summed E-state index contributed by atoms with van der Waals surface area (Å²) in [7, 11) is 1.64. The van der Waals surface area contributed by atoms with Crippen LogP contribution in [0.25, 0.3) is 0 Å². The lowest BCUT2D eigenvalue weighted by Gasteiger charge is -2.11. The molecule has 0 saturated heterocycles. The fourth-order valence-electron chi connectivity index (χ4n) is 2.50. The molecule has 3 rings (SSSR count). The van der Waals surface area contributed by atoms with Gasteiger partial charge in [-0.05, 0) is 30.2 Å². The zero-order valence-corrected chi connectivity index (χ0v) is 14.2. The molecule has 0 unspecified atom stereocenters. The lowest BCUT2D eigenvalue weighted by molar-refractivity contribution is 0.410. The summed E-state index contributed by atoms with van der Waals surface area (Å²) >= 11 is 0. The quantitative estimate of drug-likeness (QED) is 0.666. The SMILES string of the molecule is COc1ccccc1CCNc1cc(Nc2c(F)cccc2F)ncn1. The molecule has 134 valence electrons. The van der Waals surface area contributed by atoms with E-state index in [-0.39, 0.29) is 5.69 Å². The van der Waals surface area contributed by atoms with Crippen molar-refractivity contribution < 1.29 is 13.5 Å². The van der Waals surface area contributed by atoms with Gasteiger partial charge in [0.2, 0.25) is 0 Å². The normalized spacial score (nSPS) is 10.4. The monoisotopic (exact) mass is 356 g/mol. The third-order valence-corrected chi connectivity index (χ3v) is 3.78. The van der Waals surface area contributed by atoms with E-state index in [2.05, 4.69) is 20.6 Å². The molecule has 0 fully saturated rings. The molecule has 0 atom stereocenters. The highest BCUT2D eigenvalue weighted by atomic mass is 19.1. The number of nitrogens with zero attached hydrogens (tertiary/aromatic N) is 2. The molecule has 7 heteroatoms. The number of halogens is 2. The van der Waals surface area contributed by atoms with E-state index in [0.29, 0.717) is 18.2 Å². The van der Waals surface area contributed by atoms with E-state index < -0.39 is 11.6 Å². The molecule has 2 N–H and O–H groups in total. The van der Waals surface area contributed by atoms with Gasteiger partial charge in [-0.3, -0.25) is 0 Å².